The van der Waals surface area contributed by atoms with E-state index in [-0.39, 0.29) is 5.41 Å². The van der Waals surface area contributed by atoms with Crippen molar-refractivity contribution in [3.63, 3.8) is 0 Å². The van der Waals surface area contributed by atoms with E-state index in [4.69, 9.17) is 4.74 Å². The van der Waals surface area contributed by atoms with Gasteiger partial charge in [-0.05, 0) is 79.2 Å². The molecule has 4 atom stereocenters. The molecule has 2 heteroatoms. The first-order valence-corrected chi connectivity index (χ1v) is 8.59. The lowest BCUT2D eigenvalue weighted by molar-refractivity contribution is -0.128. The molecule has 0 spiro atoms. The number of aryl methyl sites for hydroxylation is 1. The van der Waals surface area contributed by atoms with Gasteiger partial charge in [0.2, 0.25) is 0 Å². The van der Waals surface area contributed by atoms with E-state index < -0.39 is 0 Å². The SMILES string of the molecule is CC[C@]12CCC3c4ccc(OC)cc4CCC3C1C=CC2=O. The second-order valence-corrected chi connectivity index (χ2v) is 7.17. The largest absolute Gasteiger partial charge is 0.497 e. The summed E-state index contributed by atoms with van der Waals surface area (Å²) in [7, 11) is 1.73. The van der Waals surface area contributed by atoms with Crippen LogP contribution < -0.4 is 4.74 Å². The Morgan fingerprint density at radius 1 is 1.32 bits per heavy atom. The van der Waals surface area contributed by atoms with Gasteiger partial charge in [0.05, 0.1) is 7.11 Å². The highest BCUT2D eigenvalue weighted by atomic mass is 16.5. The van der Waals surface area contributed by atoms with Gasteiger partial charge in [-0.2, -0.15) is 0 Å². The Balaban J connectivity index is 1.71. The Hall–Kier alpha value is -1.57. The lowest BCUT2D eigenvalue weighted by Crippen LogP contribution is -2.44. The third kappa shape index (κ3) is 1.76. The summed E-state index contributed by atoms with van der Waals surface area (Å²) in [6, 6.07) is 6.58. The van der Waals surface area contributed by atoms with Crippen LogP contribution in [0.25, 0.3) is 0 Å². The van der Waals surface area contributed by atoms with E-state index in [9.17, 15) is 4.79 Å². The number of hydrogen-bond acceptors (Lipinski definition) is 2. The number of fused-ring (bicyclic) bond motifs is 5. The molecule has 3 unspecified atom stereocenters. The molecule has 1 saturated carbocycles. The van der Waals surface area contributed by atoms with Gasteiger partial charge in [-0.15, -0.1) is 0 Å². The average Bonchev–Trinajstić information content (AvgIpc) is 2.91. The van der Waals surface area contributed by atoms with E-state index in [0.717, 1.165) is 31.4 Å². The predicted molar refractivity (Wildman–Crippen MR) is 87.1 cm³/mol. The highest BCUT2D eigenvalue weighted by Crippen LogP contribution is 2.59. The molecule has 0 saturated heterocycles. The Morgan fingerprint density at radius 2 is 2.18 bits per heavy atom. The number of carbonyl (C=O) groups excluding carboxylic acids is 1. The molecule has 116 valence electrons. The monoisotopic (exact) mass is 296 g/mol. The first-order chi connectivity index (χ1) is 10.7. The summed E-state index contributed by atoms with van der Waals surface area (Å²) in [6.07, 6.45) is 9.62. The fourth-order valence-corrected chi connectivity index (χ4v) is 5.39. The minimum atomic E-state index is -0.0782. The Kier molecular flexibility index (Phi) is 3.18. The van der Waals surface area contributed by atoms with Gasteiger partial charge in [0.25, 0.3) is 0 Å². The minimum Gasteiger partial charge on any atom is -0.497 e. The highest BCUT2D eigenvalue weighted by Gasteiger charge is 2.54. The first kappa shape index (κ1) is 14.0. The Labute approximate surface area is 132 Å². The van der Waals surface area contributed by atoms with Gasteiger partial charge in [-0.3, -0.25) is 4.79 Å². The lowest BCUT2D eigenvalue weighted by atomic mass is 9.54. The maximum atomic E-state index is 12.5. The standard InChI is InChI=1S/C20H24O2/c1-3-20-11-10-16-15-7-5-14(22-2)12-13(15)4-6-17(16)18(20)8-9-19(20)21/h5,7-9,12,16-18H,3-4,6,10-11H2,1-2H3/t16?,17?,18?,20-/m0/s1. The van der Waals surface area contributed by atoms with Crippen LogP contribution in [0.1, 0.15) is 49.7 Å². The average molecular weight is 296 g/mol. The molecule has 0 radical (unpaired) electrons. The van der Waals surface area contributed by atoms with Crippen molar-refractivity contribution in [2.45, 2.75) is 44.9 Å². The molecule has 0 heterocycles. The molecule has 22 heavy (non-hydrogen) atoms. The van der Waals surface area contributed by atoms with Gasteiger partial charge in [-0.1, -0.05) is 19.1 Å². The summed E-state index contributed by atoms with van der Waals surface area (Å²) in [5, 5.41) is 0. The molecular weight excluding hydrogens is 272 g/mol. The van der Waals surface area contributed by atoms with Gasteiger partial charge in [-0.25, -0.2) is 0 Å². The number of hydrogen-bond donors (Lipinski definition) is 0. The van der Waals surface area contributed by atoms with E-state index in [2.05, 4.69) is 31.2 Å². The molecule has 3 aliphatic carbocycles. The number of methoxy groups -OCH3 is 1. The van der Waals surface area contributed by atoms with Crippen molar-refractivity contribution in [2.75, 3.05) is 7.11 Å². The van der Waals surface area contributed by atoms with Crippen LogP contribution in [0, 0.1) is 17.3 Å². The lowest BCUT2D eigenvalue weighted by Gasteiger charge is -2.49. The van der Waals surface area contributed by atoms with Crippen LogP contribution in [0.15, 0.2) is 30.4 Å². The van der Waals surface area contributed by atoms with Gasteiger partial charge >= 0.3 is 0 Å². The number of rotatable bonds is 2. The van der Waals surface area contributed by atoms with Crippen molar-refractivity contribution in [1.29, 1.82) is 0 Å². The van der Waals surface area contributed by atoms with Crippen molar-refractivity contribution in [3.8, 4) is 5.75 Å². The molecule has 0 aliphatic heterocycles. The second kappa shape index (κ2) is 4.97. The second-order valence-electron chi connectivity index (χ2n) is 7.17. The van der Waals surface area contributed by atoms with Crippen molar-refractivity contribution >= 4 is 5.78 Å². The zero-order chi connectivity index (χ0) is 15.3. The van der Waals surface area contributed by atoms with Crippen molar-refractivity contribution in [1.82, 2.24) is 0 Å². The molecule has 0 N–H and O–H groups in total. The molecule has 1 fully saturated rings. The molecule has 3 aliphatic rings. The summed E-state index contributed by atoms with van der Waals surface area (Å²) in [4.78, 5) is 12.5. The first-order valence-electron chi connectivity index (χ1n) is 8.59. The summed E-state index contributed by atoms with van der Waals surface area (Å²) in [6.45, 7) is 2.19. The molecule has 2 nitrogen and oxygen atoms in total. The number of ketones is 1. The van der Waals surface area contributed by atoms with Gasteiger partial charge in [0.1, 0.15) is 5.75 Å². The van der Waals surface area contributed by atoms with E-state index in [1.807, 2.05) is 6.08 Å². The third-order valence-corrected chi connectivity index (χ3v) is 6.59. The summed E-state index contributed by atoms with van der Waals surface area (Å²) < 4.78 is 5.38. The fraction of sp³-hybridized carbons (Fsp3) is 0.550. The van der Waals surface area contributed by atoms with E-state index >= 15 is 0 Å². The number of benzene rings is 1. The predicted octanol–water partition coefficient (Wildman–Crippen LogP) is 4.29. The normalized spacial score (nSPS) is 35.7. The zero-order valence-corrected chi connectivity index (χ0v) is 13.5. The van der Waals surface area contributed by atoms with Crippen LogP contribution >= 0.6 is 0 Å². The highest BCUT2D eigenvalue weighted by molar-refractivity contribution is 5.98. The molecule has 1 aromatic carbocycles. The zero-order valence-electron chi connectivity index (χ0n) is 13.5. The van der Waals surface area contributed by atoms with Crippen LogP contribution in [0.5, 0.6) is 5.75 Å². The van der Waals surface area contributed by atoms with Crippen molar-refractivity contribution < 1.29 is 9.53 Å². The summed E-state index contributed by atoms with van der Waals surface area (Å²) in [5.41, 5.74) is 2.89. The number of allylic oxidation sites excluding steroid dienone is 2. The summed E-state index contributed by atoms with van der Waals surface area (Å²) >= 11 is 0. The third-order valence-electron chi connectivity index (χ3n) is 6.59. The van der Waals surface area contributed by atoms with Gasteiger partial charge in [0.15, 0.2) is 5.78 Å². The Bertz CT molecular complexity index is 645. The van der Waals surface area contributed by atoms with Crippen LogP contribution in [0.2, 0.25) is 0 Å². The van der Waals surface area contributed by atoms with E-state index in [1.54, 1.807) is 7.11 Å². The molecular formula is C20H24O2. The van der Waals surface area contributed by atoms with Crippen LogP contribution in [-0.4, -0.2) is 12.9 Å². The molecule has 0 amide bonds. The van der Waals surface area contributed by atoms with Gasteiger partial charge < -0.3 is 4.74 Å². The smallest absolute Gasteiger partial charge is 0.162 e. The van der Waals surface area contributed by atoms with Crippen LogP contribution in [0.4, 0.5) is 0 Å². The van der Waals surface area contributed by atoms with Crippen LogP contribution in [-0.2, 0) is 11.2 Å². The quantitative estimate of drug-likeness (QED) is 0.814. The summed E-state index contributed by atoms with van der Waals surface area (Å²) in [5.74, 6) is 3.07. The molecule has 0 bridgehead atoms. The van der Waals surface area contributed by atoms with Gasteiger partial charge in [0, 0.05) is 5.41 Å². The van der Waals surface area contributed by atoms with E-state index in [0.29, 0.717) is 23.5 Å². The van der Waals surface area contributed by atoms with Crippen LogP contribution in [0.3, 0.4) is 0 Å². The van der Waals surface area contributed by atoms with E-state index in [1.165, 1.54) is 17.5 Å². The van der Waals surface area contributed by atoms with Crippen molar-refractivity contribution in [2.24, 2.45) is 17.3 Å². The number of carbonyl (C=O) groups is 1. The number of ether oxygens (including phenoxy) is 1. The molecule has 0 aromatic heterocycles. The fourth-order valence-electron chi connectivity index (χ4n) is 5.39. The Morgan fingerprint density at radius 3 is 2.95 bits per heavy atom. The topological polar surface area (TPSA) is 26.3 Å². The minimum absolute atomic E-state index is 0.0782. The molecule has 1 aromatic rings. The maximum Gasteiger partial charge on any atom is 0.162 e. The molecule has 4 rings (SSSR count). The maximum absolute atomic E-state index is 12.5. The van der Waals surface area contributed by atoms with Crippen molar-refractivity contribution in [3.05, 3.63) is 41.5 Å².